The molecule has 0 radical (unpaired) electrons. The molecule has 6 nitrogen and oxygen atoms in total. The Labute approximate surface area is 151 Å². The van der Waals surface area contributed by atoms with E-state index in [0.29, 0.717) is 5.56 Å². The second kappa shape index (κ2) is 7.65. The van der Waals surface area contributed by atoms with E-state index < -0.39 is 0 Å². The molecule has 26 heavy (non-hydrogen) atoms. The number of rotatable bonds is 4. The molecule has 0 aliphatic heterocycles. The third kappa shape index (κ3) is 3.80. The van der Waals surface area contributed by atoms with Crippen molar-refractivity contribution in [3.63, 3.8) is 0 Å². The molecule has 0 saturated carbocycles. The summed E-state index contributed by atoms with van der Waals surface area (Å²) in [5.74, 6) is -0.652. The van der Waals surface area contributed by atoms with Gasteiger partial charge >= 0.3 is 0 Å². The van der Waals surface area contributed by atoms with Crippen LogP contribution in [0.1, 0.15) is 27.3 Å². The highest BCUT2D eigenvalue weighted by molar-refractivity contribution is 5.95. The van der Waals surface area contributed by atoms with Gasteiger partial charge in [-0.1, -0.05) is 36.4 Å². The summed E-state index contributed by atoms with van der Waals surface area (Å²) in [6.45, 7) is 3.80. The van der Waals surface area contributed by atoms with Gasteiger partial charge < -0.3 is 0 Å². The first-order valence-corrected chi connectivity index (χ1v) is 8.31. The number of nitrogens with zero attached hydrogens (tertiary/aromatic N) is 2. The van der Waals surface area contributed by atoms with Gasteiger partial charge in [0.2, 0.25) is 5.91 Å². The number of carbonyl (C=O) groups excluding carboxylic acids is 2. The molecule has 2 amide bonds. The molecule has 1 heterocycles. The van der Waals surface area contributed by atoms with Crippen LogP contribution in [0.5, 0.6) is 0 Å². The summed E-state index contributed by atoms with van der Waals surface area (Å²) in [5, 5.41) is 4.53. The van der Waals surface area contributed by atoms with E-state index in [4.69, 9.17) is 0 Å². The number of hydrazine groups is 1. The topological polar surface area (TPSA) is 76.0 Å². The molecule has 1 aromatic heterocycles. The number of amides is 2. The monoisotopic (exact) mass is 348 g/mol. The highest BCUT2D eigenvalue weighted by Crippen LogP contribution is 2.18. The SMILES string of the molecule is Cc1nn(-c2ccccc2)c(C)c1CC(=O)NNC(=O)c1ccccc1. The Morgan fingerprint density at radius 2 is 1.54 bits per heavy atom. The number of carbonyl (C=O) groups is 2. The van der Waals surface area contributed by atoms with E-state index in [-0.39, 0.29) is 18.2 Å². The van der Waals surface area contributed by atoms with E-state index in [0.717, 1.165) is 22.6 Å². The Balaban J connectivity index is 1.66. The van der Waals surface area contributed by atoms with Crippen molar-refractivity contribution in [2.75, 3.05) is 0 Å². The van der Waals surface area contributed by atoms with Crippen molar-refractivity contribution < 1.29 is 9.59 Å². The Hall–Kier alpha value is -3.41. The molecule has 0 aliphatic carbocycles. The van der Waals surface area contributed by atoms with Crippen LogP contribution in [-0.2, 0) is 11.2 Å². The van der Waals surface area contributed by atoms with Crippen molar-refractivity contribution in [3.8, 4) is 5.69 Å². The summed E-state index contributed by atoms with van der Waals surface area (Å²) in [4.78, 5) is 24.2. The van der Waals surface area contributed by atoms with Gasteiger partial charge in [0.05, 0.1) is 17.8 Å². The average molecular weight is 348 g/mol. The number of aromatic nitrogens is 2. The van der Waals surface area contributed by atoms with E-state index in [2.05, 4.69) is 16.0 Å². The normalized spacial score (nSPS) is 10.4. The molecular formula is C20H20N4O2. The fourth-order valence-corrected chi connectivity index (χ4v) is 2.74. The smallest absolute Gasteiger partial charge is 0.269 e. The van der Waals surface area contributed by atoms with Crippen LogP contribution in [0.2, 0.25) is 0 Å². The molecule has 132 valence electrons. The first-order valence-electron chi connectivity index (χ1n) is 8.31. The number of benzene rings is 2. The summed E-state index contributed by atoms with van der Waals surface area (Å²) in [6.07, 6.45) is 0.138. The van der Waals surface area contributed by atoms with Crippen molar-refractivity contribution >= 4 is 11.8 Å². The summed E-state index contributed by atoms with van der Waals surface area (Å²) < 4.78 is 1.82. The Morgan fingerprint density at radius 1 is 0.923 bits per heavy atom. The first kappa shape index (κ1) is 17.4. The fourth-order valence-electron chi connectivity index (χ4n) is 2.74. The van der Waals surface area contributed by atoms with Gasteiger partial charge in [0.15, 0.2) is 0 Å². The predicted octanol–water partition coefficient (Wildman–Crippen LogP) is 2.49. The zero-order valence-corrected chi connectivity index (χ0v) is 14.7. The molecule has 0 aliphatic rings. The number of nitrogens with one attached hydrogen (secondary N) is 2. The second-order valence-corrected chi connectivity index (χ2v) is 5.94. The lowest BCUT2D eigenvalue weighted by Gasteiger charge is -2.08. The maximum absolute atomic E-state index is 12.2. The van der Waals surface area contributed by atoms with Crippen LogP contribution < -0.4 is 10.9 Å². The van der Waals surface area contributed by atoms with Gasteiger partial charge in [0, 0.05) is 16.8 Å². The zero-order valence-electron chi connectivity index (χ0n) is 14.7. The van der Waals surface area contributed by atoms with E-state index in [1.807, 2.05) is 54.9 Å². The zero-order chi connectivity index (χ0) is 18.5. The van der Waals surface area contributed by atoms with Crippen LogP contribution in [0, 0.1) is 13.8 Å². The molecule has 0 bridgehead atoms. The van der Waals surface area contributed by atoms with Gasteiger partial charge in [-0.05, 0) is 38.1 Å². The molecule has 6 heteroatoms. The van der Waals surface area contributed by atoms with Gasteiger partial charge in [-0.25, -0.2) is 4.68 Å². The number of para-hydroxylation sites is 1. The minimum Gasteiger partial charge on any atom is -0.273 e. The Morgan fingerprint density at radius 3 is 2.19 bits per heavy atom. The van der Waals surface area contributed by atoms with E-state index >= 15 is 0 Å². The molecule has 0 unspecified atom stereocenters. The fraction of sp³-hybridized carbons (Fsp3) is 0.150. The van der Waals surface area contributed by atoms with Gasteiger partial charge in [-0.15, -0.1) is 0 Å². The molecule has 0 spiro atoms. The third-order valence-corrected chi connectivity index (χ3v) is 4.13. The van der Waals surface area contributed by atoms with Gasteiger partial charge in [0.1, 0.15) is 0 Å². The van der Waals surface area contributed by atoms with Crippen molar-refractivity contribution in [2.24, 2.45) is 0 Å². The molecule has 0 atom stereocenters. The highest BCUT2D eigenvalue weighted by Gasteiger charge is 2.16. The molecule has 3 rings (SSSR count). The van der Waals surface area contributed by atoms with Crippen molar-refractivity contribution in [1.29, 1.82) is 0 Å². The van der Waals surface area contributed by atoms with Gasteiger partial charge in [-0.2, -0.15) is 5.10 Å². The van der Waals surface area contributed by atoms with E-state index in [1.54, 1.807) is 24.3 Å². The van der Waals surface area contributed by atoms with Crippen molar-refractivity contribution in [3.05, 3.63) is 83.2 Å². The van der Waals surface area contributed by atoms with Crippen LogP contribution in [0.4, 0.5) is 0 Å². The number of aryl methyl sites for hydroxylation is 1. The summed E-state index contributed by atoms with van der Waals surface area (Å²) in [6, 6.07) is 18.5. The highest BCUT2D eigenvalue weighted by atomic mass is 16.2. The second-order valence-electron chi connectivity index (χ2n) is 5.94. The van der Waals surface area contributed by atoms with Crippen molar-refractivity contribution in [1.82, 2.24) is 20.6 Å². The lowest BCUT2D eigenvalue weighted by molar-refractivity contribution is -0.121. The van der Waals surface area contributed by atoms with Crippen LogP contribution in [0.15, 0.2) is 60.7 Å². The van der Waals surface area contributed by atoms with Crippen LogP contribution in [-0.4, -0.2) is 21.6 Å². The third-order valence-electron chi connectivity index (χ3n) is 4.13. The largest absolute Gasteiger partial charge is 0.273 e. The number of hydrogen-bond donors (Lipinski definition) is 2. The van der Waals surface area contributed by atoms with E-state index in [9.17, 15) is 9.59 Å². The van der Waals surface area contributed by atoms with Crippen LogP contribution >= 0.6 is 0 Å². The van der Waals surface area contributed by atoms with Gasteiger partial charge in [-0.3, -0.25) is 20.4 Å². The lowest BCUT2D eigenvalue weighted by atomic mass is 10.1. The minimum atomic E-state index is -0.354. The summed E-state index contributed by atoms with van der Waals surface area (Å²) in [5.41, 5.74) is 8.85. The molecule has 2 N–H and O–H groups in total. The van der Waals surface area contributed by atoms with Crippen LogP contribution in [0.3, 0.4) is 0 Å². The Kier molecular flexibility index (Phi) is 5.12. The molecule has 2 aromatic carbocycles. The number of hydrogen-bond acceptors (Lipinski definition) is 3. The molecule has 3 aromatic rings. The van der Waals surface area contributed by atoms with Crippen LogP contribution in [0.25, 0.3) is 5.69 Å². The average Bonchev–Trinajstić information content (AvgIpc) is 2.95. The molecule has 0 fully saturated rings. The summed E-state index contributed by atoms with van der Waals surface area (Å²) >= 11 is 0. The maximum atomic E-state index is 12.2. The first-order chi connectivity index (χ1) is 12.6. The molecule has 0 saturated heterocycles. The maximum Gasteiger partial charge on any atom is 0.269 e. The molecular weight excluding hydrogens is 328 g/mol. The predicted molar refractivity (Wildman–Crippen MR) is 98.8 cm³/mol. The minimum absolute atomic E-state index is 0.138. The standard InChI is InChI=1S/C20H20N4O2/c1-14-18(15(2)24(23-14)17-11-7-4-8-12-17)13-19(25)21-22-20(26)16-9-5-3-6-10-16/h3-12H,13H2,1-2H3,(H,21,25)(H,22,26). The van der Waals surface area contributed by atoms with Crippen molar-refractivity contribution in [2.45, 2.75) is 20.3 Å². The quantitative estimate of drug-likeness (QED) is 0.711. The Bertz CT molecular complexity index is 918. The van der Waals surface area contributed by atoms with Gasteiger partial charge in [0.25, 0.3) is 5.91 Å². The summed E-state index contributed by atoms with van der Waals surface area (Å²) in [7, 11) is 0. The van der Waals surface area contributed by atoms with E-state index in [1.165, 1.54) is 0 Å². The lowest BCUT2D eigenvalue weighted by Crippen LogP contribution is -2.42.